The molecule has 0 aliphatic carbocycles. The summed E-state index contributed by atoms with van der Waals surface area (Å²) in [6, 6.07) is 48.5. The van der Waals surface area contributed by atoms with Gasteiger partial charge >= 0.3 is 0 Å². The monoisotopic (exact) mass is 728 g/mol. The van der Waals surface area contributed by atoms with Crippen LogP contribution in [0.5, 0.6) is 0 Å². The number of fused-ring (bicyclic) bond motifs is 2. The topological polar surface area (TPSA) is 50.7 Å². The predicted molar refractivity (Wildman–Crippen MR) is 228 cm³/mol. The Morgan fingerprint density at radius 3 is 1.69 bits per heavy atom. The van der Waals surface area contributed by atoms with E-state index in [0.717, 1.165) is 54.7 Å². The molecule has 9 aromatic rings. The Kier molecular flexibility index (Phi) is 8.32. The zero-order valence-corrected chi connectivity index (χ0v) is 30.7. The lowest BCUT2D eigenvalue weighted by Crippen LogP contribution is -2.07. The van der Waals surface area contributed by atoms with Crippen LogP contribution in [0.3, 0.4) is 0 Å². The molecule has 6 heteroatoms. The van der Waals surface area contributed by atoms with Gasteiger partial charge in [-0.1, -0.05) is 97.1 Å². The first-order chi connectivity index (χ1) is 26.8. The molecule has 1 atom stereocenters. The van der Waals surface area contributed by atoms with Gasteiger partial charge in [-0.05, 0) is 108 Å². The number of nitrogens with one attached hydrogen (secondary N) is 1. The van der Waals surface area contributed by atoms with Gasteiger partial charge in [-0.25, -0.2) is 4.98 Å². The zero-order chi connectivity index (χ0) is 35.8. The number of nitrogens with zero attached hydrogens (tertiary/aromatic N) is 3. The maximum Gasteiger partial charge on any atom is 0.124 e. The first kappa shape index (κ1) is 32.3. The van der Waals surface area contributed by atoms with Crippen molar-refractivity contribution in [3.8, 4) is 66.2 Å². The molecule has 4 heterocycles. The third-order valence-corrected chi connectivity index (χ3v) is 11.9. The second-order valence-electron chi connectivity index (χ2n) is 13.4. The minimum absolute atomic E-state index is 0.127. The van der Waals surface area contributed by atoms with E-state index in [4.69, 9.17) is 9.97 Å². The summed E-state index contributed by atoms with van der Waals surface area (Å²) in [5.74, 6) is 0. The first-order valence-corrected chi connectivity index (χ1v) is 19.7. The standard InChI is InChI=1S/C48H32N4S2/c1-3-9-31(10-4-1)34-21-35(32-11-5-2-6-12-32)23-36(22-34)33-15-16-43-44(26-33)46(38-25-40(30-50-28-38)48-52-18-20-54-48)42-14-8-7-13-41(42)45(43)37-24-39(29-49-27-37)47-51-17-19-53-47/h1-30,48,52H. The van der Waals surface area contributed by atoms with Crippen LogP contribution in [0.2, 0.25) is 0 Å². The summed E-state index contributed by atoms with van der Waals surface area (Å²) >= 11 is 3.39. The zero-order valence-electron chi connectivity index (χ0n) is 29.1. The third kappa shape index (κ3) is 5.96. The van der Waals surface area contributed by atoms with Crippen LogP contribution in [-0.4, -0.2) is 15.0 Å². The molecule has 3 aromatic heterocycles. The van der Waals surface area contributed by atoms with Crippen molar-refractivity contribution in [1.82, 2.24) is 20.3 Å². The number of rotatable bonds is 7. The molecule has 0 saturated carbocycles. The van der Waals surface area contributed by atoms with Crippen molar-refractivity contribution in [1.29, 1.82) is 0 Å². The van der Waals surface area contributed by atoms with Crippen molar-refractivity contribution in [2.45, 2.75) is 5.37 Å². The van der Waals surface area contributed by atoms with Crippen LogP contribution in [-0.2, 0) is 0 Å². The van der Waals surface area contributed by atoms with Gasteiger partial charge in [-0.3, -0.25) is 9.97 Å². The van der Waals surface area contributed by atoms with Crippen molar-refractivity contribution in [2.24, 2.45) is 0 Å². The summed E-state index contributed by atoms with van der Waals surface area (Å²) in [7, 11) is 0. The quantitative estimate of drug-likeness (QED) is 0.166. The largest absolute Gasteiger partial charge is 0.375 e. The van der Waals surface area contributed by atoms with Crippen LogP contribution in [0.1, 0.15) is 10.9 Å². The first-order valence-electron chi connectivity index (χ1n) is 17.9. The Morgan fingerprint density at radius 1 is 0.463 bits per heavy atom. The minimum Gasteiger partial charge on any atom is -0.375 e. The molecule has 0 spiro atoms. The molecule has 1 unspecified atom stereocenters. The lowest BCUT2D eigenvalue weighted by atomic mass is 9.84. The summed E-state index contributed by atoms with van der Waals surface area (Å²) in [5.41, 5.74) is 13.7. The van der Waals surface area contributed by atoms with Gasteiger partial charge in [0, 0.05) is 64.8 Å². The molecular weight excluding hydrogens is 697 g/mol. The number of benzene rings is 6. The van der Waals surface area contributed by atoms with Crippen LogP contribution < -0.4 is 5.32 Å². The van der Waals surface area contributed by atoms with Gasteiger partial charge in [0.1, 0.15) is 10.4 Å². The van der Waals surface area contributed by atoms with Crippen LogP contribution >= 0.6 is 23.1 Å². The van der Waals surface area contributed by atoms with Gasteiger partial charge in [0.25, 0.3) is 0 Å². The van der Waals surface area contributed by atoms with Crippen molar-refractivity contribution in [2.75, 3.05) is 0 Å². The molecular formula is C48H32N4S2. The second kappa shape index (κ2) is 13.9. The van der Waals surface area contributed by atoms with Crippen molar-refractivity contribution in [3.05, 3.63) is 187 Å². The van der Waals surface area contributed by atoms with E-state index in [9.17, 15) is 0 Å². The minimum atomic E-state index is 0.127. The summed E-state index contributed by atoms with van der Waals surface area (Å²) in [5, 5.41) is 13.3. The molecule has 0 amide bonds. The van der Waals surface area contributed by atoms with E-state index in [-0.39, 0.29) is 5.37 Å². The van der Waals surface area contributed by atoms with Gasteiger partial charge in [0.2, 0.25) is 0 Å². The Bertz CT molecular complexity index is 2770. The van der Waals surface area contributed by atoms with E-state index < -0.39 is 0 Å². The smallest absolute Gasteiger partial charge is 0.124 e. The average Bonchev–Trinajstić information content (AvgIpc) is 4.00. The van der Waals surface area contributed by atoms with Crippen molar-refractivity contribution in [3.63, 3.8) is 0 Å². The Labute approximate surface area is 322 Å². The van der Waals surface area contributed by atoms with Crippen LogP contribution in [0.4, 0.5) is 0 Å². The molecule has 0 bridgehead atoms. The SMILES string of the molecule is C1=CSC(c2cncc(-c3c4ccccc4c(-c4cncc(-c5nccs5)c4)c4ccc(-c5cc(-c6ccccc6)cc(-c6ccccc6)c5)cc34)c2)N1. The third-order valence-electron chi connectivity index (χ3n) is 10.1. The maximum atomic E-state index is 4.81. The number of hydrogen-bond acceptors (Lipinski definition) is 6. The summed E-state index contributed by atoms with van der Waals surface area (Å²) in [4.78, 5) is 14.2. The maximum absolute atomic E-state index is 4.81. The predicted octanol–water partition coefficient (Wildman–Crippen LogP) is 13.0. The molecule has 0 fully saturated rings. The van der Waals surface area contributed by atoms with E-state index in [1.807, 2.05) is 42.6 Å². The van der Waals surface area contributed by atoms with Crippen molar-refractivity contribution >= 4 is 44.6 Å². The van der Waals surface area contributed by atoms with Crippen LogP contribution in [0.25, 0.3) is 87.8 Å². The second-order valence-corrected chi connectivity index (χ2v) is 15.3. The fourth-order valence-corrected chi connectivity index (χ4v) is 9.00. The fourth-order valence-electron chi connectivity index (χ4n) is 7.62. The van der Waals surface area contributed by atoms with E-state index in [1.165, 1.54) is 38.6 Å². The van der Waals surface area contributed by atoms with E-state index in [2.05, 4.69) is 149 Å². The van der Waals surface area contributed by atoms with Crippen molar-refractivity contribution < 1.29 is 0 Å². The lowest BCUT2D eigenvalue weighted by Gasteiger charge is -2.20. The fraction of sp³-hybridized carbons (Fsp3) is 0.0208. The van der Waals surface area contributed by atoms with Crippen LogP contribution in [0.15, 0.2) is 181 Å². The van der Waals surface area contributed by atoms with Gasteiger partial charge < -0.3 is 5.32 Å². The molecule has 1 aliphatic rings. The molecule has 6 aromatic carbocycles. The van der Waals surface area contributed by atoms with E-state index >= 15 is 0 Å². The highest BCUT2D eigenvalue weighted by molar-refractivity contribution is 8.02. The molecule has 1 aliphatic heterocycles. The van der Waals surface area contributed by atoms with Gasteiger partial charge in [-0.2, -0.15) is 0 Å². The van der Waals surface area contributed by atoms with E-state index in [0.29, 0.717) is 0 Å². The normalized spacial score (nSPS) is 13.7. The molecule has 1 N–H and O–H groups in total. The molecule has 10 rings (SSSR count). The molecule has 0 saturated heterocycles. The van der Waals surface area contributed by atoms with Gasteiger partial charge in [0.05, 0.1) is 0 Å². The summed E-state index contributed by atoms with van der Waals surface area (Å²) < 4.78 is 0. The Balaban J connectivity index is 1.25. The Morgan fingerprint density at radius 2 is 1.04 bits per heavy atom. The highest BCUT2D eigenvalue weighted by Gasteiger charge is 2.21. The van der Waals surface area contributed by atoms with Gasteiger partial charge in [-0.15, -0.1) is 23.1 Å². The molecule has 4 nitrogen and oxygen atoms in total. The molecule has 54 heavy (non-hydrogen) atoms. The molecule has 0 radical (unpaired) electrons. The highest BCUT2D eigenvalue weighted by atomic mass is 32.2. The van der Waals surface area contributed by atoms with Crippen LogP contribution in [0, 0.1) is 0 Å². The number of pyridine rings is 2. The summed E-state index contributed by atoms with van der Waals surface area (Å²) in [6.45, 7) is 0. The van der Waals surface area contributed by atoms with Gasteiger partial charge in [0.15, 0.2) is 0 Å². The average molecular weight is 729 g/mol. The number of thioether (sulfide) groups is 1. The Hall–Kier alpha value is -6.34. The number of aromatic nitrogens is 3. The number of hydrogen-bond donors (Lipinski definition) is 1. The number of thiazole rings is 1. The lowest BCUT2D eigenvalue weighted by molar-refractivity contribution is 0.856. The summed E-state index contributed by atoms with van der Waals surface area (Å²) in [6.07, 6.45) is 11.7. The van der Waals surface area contributed by atoms with E-state index in [1.54, 1.807) is 23.1 Å². The molecule has 256 valence electrons. The highest BCUT2D eigenvalue weighted by Crippen LogP contribution is 2.46.